The van der Waals surface area contributed by atoms with Gasteiger partial charge in [0.1, 0.15) is 0 Å². The molecule has 5 heteroatoms. The third-order valence-corrected chi connectivity index (χ3v) is 4.87. The standard InChI is InChI=1S/C20H33N3O2/c1-15(2)11-18(14-24)21-20(25)22-19-9-10-23(12-16(19)3)13-17-7-5-4-6-8-17/h4-8,15-16,18-19,24H,9-14H2,1-3H3,(H2,21,22,25). The summed E-state index contributed by atoms with van der Waals surface area (Å²) >= 11 is 0. The van der Waals surface area contributed by atoms with E-state index in [-0.39, 0.29) is 24.7 Å². The van der Waals surface area contributed by atoms with Gasteiger partial charge in [0.25, 0.3) is 0 Å². The summed E-state index contributed by atoms with van der Waals surface area (Å²) in [6.07, 6.45) is 1.74. The second-order valence-electron chi connectivity index (χ2n) is 7.72. The van der Waals surface area contributed by atoms with Crippen LogP contribution in [0.2, 0.25) is 0 Å². The average Bonchev–Trinajstić information content (AvgIpc) is 2.57. The highest BCUT2D eigenvalue weighted by molar-refractivity contribution is 5.74. The number of nitrogens with zero attached hydrogens (tertiary/aromatic N) is 1. The number of aliphatic hydroxyl groups is 1. The lowest BCUT2D eigenvalue weighted by Crippen LogP contribution is -2.54. The molecule has 1 aliphatic rings. The first-order chi connectivity index (χ1) is 12.0. The van der Waals surface area contributed by atoms with Gasteiger partial charge in [0, 0.05) is 25.7 Å². The van der Waals surface area contributed by atoms with Crippen LogP contribution in [-0.4, -0.2) is 47.8 Å². The van der Waals surface area contributed by atoms with Gasteiger partial charge in [-0.3, -0.25) is 4.90 Å². The van der Waals surface area contributed by atoms with Gasteiger partial charge in [0.2, 0.25) is 0 Å². The van der Waals surface area contributed by atoms with Crippen molar-refractivity contribution in [3.8, 4) is 0 Å². The van der Waals surface area contributed by atoms with Crippen LogP contribution in [0, 0.1) is 11.8 Å². The largest absolute Gasteiger partial charge is 0.394 e. The van der Waals surface area contributed by atoms with Gasteiger partial charge in [-0.25, -0.2) is 4.79 Å². The summed E-state index contributed by atoms with van der Waals surface area (Å²) in [4.78, 5) is 14.7. The minimum Gasteiger partial charge on any atom is -0.394 e. The lowest BCUT2D eigenvalue weighted by molar-refractivity contribution is 0.140. The Morgan fingerprint density at radius 3 is 2.64 bits per heavy atom. The van der Waals surface area contributed by atoms with Crippen LogP contribution in [0.3, 0.4) is 0 Å². The topological polar surface area (TPSA) is 64.6 Å². The number of hydrogen-bond donors (Lipinski definition) is 3. The summed E-state index contributed by atoms with van der Waals surface area (Å²) in [6.45, 7) is 9.29. The van der Waals surface area contributed by atoms with Crippen molar-refractivity contribution in [3.63, 3.8) is 0 Å². The highest BCUT2D eigenvalue weighted by atomic mass is 16.3. The van der Waals surface area contributed by atoms with Crippen molar-refractivity contribution in [3.05, 3.63) is 35.9 Å². The molecule has 5 nitrogen and oxygen atoms in total. The molecule has 0 aliphatic carbocycles. The van der Waals surface area contributed by atoms with Gasteiger partial charge in [0.05, 0.1) is 12.6 Å². The number of hydrogen-bond acceptors (Lipinski definition) is 3. The van der Waals surface area contributed by atoms with Crippen LogP contribution in [0.25, 0.3) is 0 Å². The van der Waals surface area contributed by atoms with E-state index >= 15 is 0 Å². The molecule has 3 unspecified atom stereocenters. The van der Waals surface area contributed by atoms with Crippen LogP contribution in [-0.2, 0) is 6.54 Å². The van der Waals surface area contributed by atoms with Crippen molar-refractivity contribution in [1.29, 1.82) is 0 Å². The van der Waals surface area contributed by atoms with Gasteiger partial charge >= 0.3 is 6.03 Å². The molecule has 2 amide bonds. The number of amides is 2. The third kappa shape index (κ3) is 6.67. The number of rotatable bonds is 7. The molecular weight excluding hydrogens is 314 g/mol. The van der Waals surface area contributed by atoms with E-state index in [0.29, 0.717) is 11.8 Å². The van der Waals surface area contributed by atoms with Crippen LogP contribution in [0.4, 0.5) is 4.79 Å². The van der Waals surface area contributed by atoms with Crippen molar-refractivity contribution in [2.24, 2.45) is 11.8 Å². The van der Waals surface area contributed by atoms with Crippen molar-refractivity contribution < 1.29 is 9.90 Å². The fourth-order valence-corrected chi connectivity index (χ4v) is 3.58. The summed E-state index contributed by atoms with van der Waals surface area (Å²) in [6, 6.07) is 10.4. The number of urea groups is 1. The lowest BCUT2D eigenvalue weighted by atomic mass is 9.93. The Bertz CT molecular complexity index is 521. The summed E-state index contributed by atoms with van der Waals surface area (Å²) in [5, 5.41) is 15.4. The highest BCUT2D eigenvalue weighted by Gasteiger charge is 2.27. The normalized spacial score (nSPS) is 22.6. The van der Waals surface area contributed by atoms with Crippen LogP contribution in [0.5, 0.6) is 0 Å². The summed E-state index contributed by atoms with van der Waals surface area (Å²) in [7, 11) is 0. The lowest BCUT2D eigenvalue weighted by Gasteiger charge is -2.37. The minimum atomic E-state index is -0.173. The van der Waals surface area contributed by atoms with Crippen molar-refractivity contribution >= 4 is 6.03 Å². The molecule has 0 spiro atoms. The number of carbonyl (C=O) groups is 1. The molecule has 1 aromatic rings. The molecule has 0 aromatic heterocycles. The van der Waals surface area contributed by atoms with Crippen LogP contribution >= 0.6 is 0 Å². The van der Waals surface area contributed by atoms with E-state index in [2.05, 4.69) is 60.6 Å². The molecule has 2 rings (SSSR count). The molecule has 0 saturated carbocycles. The zero-order valence-corrected chi connectivity index (χ0v) is 15.7. The Morgan fingerprint density at radius 1 is 1.32 bits per heavy atom. The van der Waals surface area contributed by atoms with Crippen molar-refractivity contribution in [2.75, 3.05) is 19.7 Å². The molecule has 3 N–H and O–H groups in total. The van der Waals surface area contributed by atoms with Crippen LogP contribution in [0.15, 0.2) is 30.3 Å². The summed E-state index contributed by atoms with van der Waals surface area (Å²) in [5.41, 5.74) is 1.33. The van der Waals surface area contributed by atoms with Crippen molar-refractivity contribution in [1.82, 2.24) is 15.5 Å². The smallest absolute Gasteiger partial charge is 0.315 e. The zero-order chi connectivity index (χ0) is 18.2. The maximum atomic E-state index is 12.2. The number of benzene rings is 1. The Kier molecular flexibility index (Phi) is 7.72. The van der Waals surface area contributed by atoms with E-state index in [4.69, 9.17) is 0 Å². The first kappa shape index (κ1) is 19.7. The van der Waals surface area contributed by atoms with E-state index in [9.17, 15) is 9.90 Å². The number of piperidine rings is 1. The molecule has 1 saturated heterocycles. The second kappa shape index (κ2) is 9.78. The maximum absolute atomic E-state index is 12.2. The van der Waals surface area contributed by atoms with E-state index in [1.165, 1.54) is 5.56 Å². The monoisotopic (exact) mass is 347 g/mol. The van der Waals surface area contributed by atoms with Gasteiger partial charge in [-0.15, -0.1) is 0 Å². The fourth-order valence-electron chi connectivity index (χ4n) is 3.58. The summed E-state index contributed by atoms with van der Waals surface area (Å²) < 4.78 is 0. The minimum absolute atomic E-state index is 0.0172. The predicted octanol–water partition coefficient (Wildman–Crippen LogP) is 2.60. The number of carbonyl (C=O) groups excluding carboxylic acids is 1. The van der Waals surface area contributed by atoms with Gasteiger partial charge in [-0.1, -0.05) is 51.1 Å². The molecule has 1 aliphatic heterocycles. The first-order valence-electron chi connectivity index (χ1n) is 9.42. The Labute approximate surface area is 151 Å². The van der Waals surface area contributed by atoms with Crippen LogP contribution < -0.4 is 10.6 Å². The Hall–Kier alpha value is -1.59. The van der Waals surface area contributed by atoms with Gasteiger partial charge < -0.3 is 15.7 Å². The molecule has 0 bridgehead atoms. The average molecular weight is 348 g/mol. The number of likely N-dealkylation sites (tertiary alicyclic amines) is 1. The maximum Gasteiger partial charge on any atom is 0.315 e. The van der Waals surface area contributed by atoms with E-state index in [0.717, 1.165) is 32.5 Å². The molecule has 1 fully saturated rings. The predicted molar refractivity (Wildman–Crippen MR) is 101 cm³/mol. The Morgan fingerprint density at radius 2 is 2.04 bits per heavy atom. The molecule has 1 aromatic carbocycles. The molecule has 25 heavy (non-hydrogen) atoms. The van der Waals surface area contributed by atoms with Crippen LogP contribution in [0.1, 0.15) is 39.2 Å². The van der Waals surface area contributed by atoms with E-state index in [1.807, 2.05) is 6.07 Å². The number of aliphatic hydroxyl groups excluding tert-OH is 1. The second-order valence-corrected chi connectivity index (χ2v) is 7.72. The first-order valence-corrected chi connectivity index (χ1v) is 9.42. The fraction of sp³-hybridized carbons (Fsp3) is 0.650. The quantitative estimate of drug-likeness (QED) is 0.710. The SMILES string of the molecule is CC(C)CC(CO)NC(=O)NC1CCN(Cc2ccccc2)CC1C. The molecule has 0 radical (unpaired) electrons. The molecule has 1 heterocycles. The molecular formula is C20H33N3O2. The molecule has 3 atom stereocenters. The number of nitrogens with one attached hydrogen (secondary N) is 2. The van der Waals surface area contributed by atoms with Gasteiger partial charge in [-0.2, -0.15) is 0 Å². The van der Waals surface area contributed by atoms with E-state index in [1.54, 1.807) is 0 Å². The highest BCUT2D eigenvalue weighted by Crippen LogP contribution is 2.19. The third-order valence-electron chi connectivity index (χ3n) is 4.87. The summed E-state index contributed by atoms with van der Waals surface area (Å²) in [5.74, 6) is 0.846. The van der Waals surface area contributed by atoms with E-state index < -0.39 is 0 Å². The van der Waals surface area contributed by atoms with Crippen molar-refractivity contribution in [2.45, 2.75) is 52.2 Å². The zero-order valence-electron chi connectivity index (χ0n) is 15.7. The molecule has 140 valence electrons. The van der Waals surface area contributed by atoms with Gasteiger partial charge in [0.15, 0.2) is 0 Å². The Balaban J connectivity index is 1.77. The van der Waals surface area contributed by atoms with Gasteiger partial charge in [-0.05, 0) is 30.2 Å².